The van der Waals surface area contributed by atoms with Crippen molar-refractivity contribution in [3.05, 3.63) is 0 Å². The van der Waals surface area contributed by atoms with Gasteiger partial charge in [-0.2, -0.15) is 0 Å². The second-order valence-electron chi connectivity index (χ2n) is 9.08. The van der Waals surface area contributed by atoms with Gasteiger partial charge in [-0.25, -0.2) is 13.1 Å². The first-order valence-corrected chi connectivity index (χ1v) is 18.0. The number of sulfonamides is 1. The molecule has 0 aliphatic rings. The van der Waals surface area contributed by atoms with Gasteiger partial charge in [-0.3, -0.25) is 9.59 Å². The van der Waals surface area contributed by atoms with Gasteiger partial charge in [0.2, 0.25) is 21.8 Å². The zero-order valence-electron chi connectivity index (χ0n) is 26.4. The Morgan fingerprint density at radius 2 is 1.20 bits per heavy atom. The highest BCUT2D eigenvalue weighted by Crippen LogP contribution is 2.18. The summed E-state index contributed by atoms with van der Waals surface area (Å²) in [6.07, 6.45) is 2.90. The maximum atomic E-state index is 11.9. The number of rotatable bonds is 20. The van der Waals surface area contributed by atoms with Crippen molar-refractivity contribution in [2.75, 3.05) is 46.2 Å². The topological polar surface area (TPSA) is 173 Å². The largest absolute Gasteiger partial charge is 0.500 e. The molecule has 0 aromatic rings. The van der Waals surface area contributed by atoms with E-state index in [1.54, 1.807) is 6.92 Å². The highest BCUT2D eigenvalue weighted by molar-refractivity contribution is 7.90. The van der Waals surface area contributed by atoms with Crippen LogP contribution in [-0.4, -0.2) is 90.7 Å². The van der Waals surface area contributed by atoms with E-state index in [2.05, 4.69) is 15.4 Å². The van der Waals surface area contributed by atoms with E-state index >= 15 is 0 Å². The second-order valence-corrected chi connectivity index (χ2v) is 14.0. The molecule has 242 valence electrons. The molecule has 0 radical (unpaired) electrons. The lowest BCUT2D eigenvalue weighted by molar-refractivity contribution is -0.126. The molecule has 3 unspecified atom stereocenters. The minimum Gasteiger partial charge on any atom is -0.395 e. The van der Waals surface area contributed by atoms with E-state index in [1.165, 1.54) is 0 Å². The van der Waals surface area contributed by atoms with Crippen molar-refractivity contribution in [3.63, 3.8) is 0 Å². The van der Waals surface area contributed by atoms with Crippen LogP contribution in [0.25, 0.3) is 0 Å². The number of hydrogen-bond donors (Lipinski definition) is 5. The van der Waals surface area contributed by atoms with E-state index in [1.807, 2.05) is 55.4 Å². The maximum Gasteiger partial charge on any atom is 0.500 e. The Labute approximate surface area is 244 Å². The van der Waals surface area contributed by atoms with Gasteiger partial charge < -0.3 is 34.1 Å². The molecule has 0 fully saturated rings. The number of carbonyl (C=O) groups is 2. The molecular weight excluding hydrogens is 558 g/mol. The summed E-state index contributed by atoms with van der Waals surface area (Å²) >= 11 is 0. The summed E-state index contributed by atoms with van der Waals surface area (Å²) in [5, 5.41) is 21.1. The molecule has 0 rings (SSSR count). The van der Waals surface area contributed by atoms with Crippen LogP contribution in [0.2, 0.25) is 6.04 Å². The van der Waals surface area contributed by atoms with Crippen LogP contribution in [0.3, 0.4) is 0 Å². The predicted molar refractivity (Wildman–Crippen MR) is 161 cm³/mol. The van der Waals surface area contributed by atoms with E-state index in [-0.39, 0.29) is 42.2 Å². The van der Waals surface area contributed by atoms with Gasteiger partial charge in [0.15, 0.2) is 0 Å². The molecule has 0 heterocycles. The van der Waals surface area contributed by atoms with Crippen molar-refractivity contribution in [1.82, 2.24) is 15.4 Å². The van der Waals surface area contributed by atoms with Crippen LogP contribution >= 0.6 is 0 Å². The normalized spacial score (nSPS) is 13.6. The van der Waals surface area contributed by atoms with Gasteiger partial charge in [-0.1, -0.05) is 34.6 Å². The van der Waals surface area contributed by atoms with Crippen molar-refractivity contribution in [3.8, 4) is 0 Å². The highest BCUT2D eigenvalue weighted by atomic mass is 32.2. The summed E-state index contributed by atoms with van der Waals surface area (Å²) < 4.78 is 43.6. The first kappa shape index (κ1) is 43.3. The molecule has 5 N–H and O–H groups in total. The van der Waals surface area contributed by atoms with Gasteiger partial charge >= 0.3 is 8.80 Å². The Balaban J connectivity index is -0.000000596. The monoisotopic (exact) mass is 617 g/mol. The number of carbonyl (C=O) groups excluding carboxylic acids is 2. The minimum atomic E-state index is -3.22. The number of aliphatic hydroxyl groups excluding tert-OH is 2. The van der Waals surface area contributed by atoms with E-state index in [0.717, 1.165) is 12.8 Å². The summed E-state index contributed by atoms with van der Waals surface area (Å²) in [4.78, 5) is 21.6. The number of nitrogens with one attached hydrogen (secondary N) is 3. The molecule has 0 aliphatic carbocycles. The standard InChI is InChI=1S/C13H31NO5SSi.C7H15NO2.C6H13NO2/c1-6-13(5)20(15,16)14-11-10-12-21(17-7-2,18-8-3)19-9-4;1-3-6(2)7(10)8-4-5-9;1-3-5(2)6(9)7-4-8/h13-14H,6-12H2,1-5H3;6,9H,3-5H2,1-2H3,(H,8,10);5,8H,3-4H2,1-2H3,(H,7,9). The van der Waals surface area contributed by atoms with Crippen LogP contribution in [-0.2, 0) is 32.9 Å². The number of amides is 2. The van der Waals surface area contributed by atoms with Gasteiger partial charge in [-0.15, -0.1) is 0 Å². The van der Waals surface area contributed by atoms with Crippen LogP contribution in [0.4, 0.5) is 0 Å². The average molecular weight is 618 g/mol. The summed E-state index contributed by atoms with van der Waals surface area (Å²) in [6, 6.07) is 0.617. The van der Waals surface area contributed by atoms with Crippen molar-refractivity contribution in [2.24, 2.45) is 11.8 Å². The van der Waals surface area contributed by atoms with Crippen LogP contribution in [0, 0.1) is 11.8 Å². The zero-order chi connectivity index (χ0) is 31.6. The zero-order valence-corrected chi connectivity index (χ0v) is 28.2. The lowest BCUT2D eigenvalue weighted by Gasteiger charge is -2.28. The minimum absolute atomic E-state index is 0.0112. The Bertz CT molecular complexity index is 713. The fraction of sp³-hybridized carbons (Fsp3) is 0.923. The van der Waals surface area contributed by atoms with Gasteiger partial charge in [-0.05, 0) is 53.4 Å². The van der Waals surface area contributed by atoms with E-state index in [0.29, 0.717) is 51.8 Å². The molecule has 2 amide bonds. The first-order chi connectivity index (χ1) is 18.8. The fourth-order valence-corrected chi connectivity index (χ4v) is 6.62. The third kappa shape index (κ3) is 21.6. The van der Waals surface area contributed by atoms with Crippen LogP contribution in [0.1, 0.15) is 88.0 Å². The Morgan fingerprint density at radius 3 is 1.55 bits per heavy atom. The molecule has 14 heteroatoms. The molecule has 0 spiro atoms. The number of aliphatic hydroxyl groups is 2. The summed E-state index contributed by atoms with van der Waals surface area (Å²) in [5.74, 6) is 0.0141. The second kappa shape index (κ2) is 26.7. The molecule has 0 aliphatic heterocycles. The Kier molecular flexibility index (Phi) is 29.0. The lowest BCUT2D eigenvalue weighted by Crippen LogP contribution is -2.46. The van der Waals surface area contributed by atoms with E-state index in [4.69, 9.17) is 23.5 Å². The van der Waals surface area contributed by atoms with Crippen LogP contribution in [0.5, 0.6) is 0 Å². The molecular formula is C26H59N3O9SSi. The van der Waals surface area contributed by atoms with E-state index in [9.17, 15) is 18.0 Å². The summed E-state index contributed by atoms with van der Waals surface area (Å²) in [6.45, 7) is 19.0. The van der Waals surface area contributed by atoms with Crippen molar-refractivity contribution < 1.29 is 41.5 Å². The molecule has 0 bridgehead atoms. The molecule has 3 atom stereocenters. The molecule has 0 saturated heterocycles. The summed E-state index contributed by atoms with van der Waals surface area (Å²) in [5.41, 5.74) is 0. The first-order valence-electron chi connectivity index (χ1n) is 14.5. The van der Waals surface area contributed by atoms with Crippen molar-refractivity contribution in [1.29, 1.82) is 0 Å². The Hall–Kier alpha value is -1.13. The van der Waals surface area contributed by atoms with Crippen molar-refractivity contribution >= 4 is 30.6 Å². The van der Waals surface area contributed by atoms with Gasteiger partial charge in [0.25, 0.3) is 0 Å². The third-order valence-corrected chi connectivity index (χ3v) is 11.1. The maximum absolute atomic E-state index is 11.9. The fourth-order valence-electron chi connectivity index (χ4n) is 2.86. The molecule has 0 aromatic heterocycles. The van der Waals surface area contributed by atoms with Crippen LogP contribution < -0.4 is 15.4 Å². The average Bonchev–Trinajstić information content (AvgIpc) is 2.93. The molecule has 12 nitrogen and oxygen atoms in total. The number of hydrogen-bond acceptors (Lipinski definition) is 9. The Morgan fingerprint density at radius 1 is 0.750 bits per heavy atom. The van der Waals surface area contributed by atoms with E-state index < -0.39 is 18.8 Å². The SMILES string of the molecule is CCC(C)C(=O)NCCO.CCC(C)C(=O)NCO.CCO[Si](CCCNS(=O)(=O)C(C)CC)(OCC)OCC. The molecule has 0 aromatic carbocycles. The molecule has 40 heavy (non-hydrogen) atoms. The summed E-state index contributed by atoms with van der Waals surface area (Å²) in [7, 11) is -5.88. The molecule has 0 saturated carbocycles. The smallest absolute Gasteiger partial charge is 0.395 e. The van der Waals surface area contributed by atoms with Crippen LogP contribution in [0.15, 0.2) is 0 Å². The lowest BCUT2D eigenvalue weighted by atomic mass is 10.1. The van der Waals surface area contributed by atoms with Gasteiger partial charge in [0, 0.05) is 50.8 Å². The quantitative estimate of drug-likeness (QED) is 0.0781. The predicted octanol–water partition coefficient (Wildman–Crippen LogP) is 2.38. The highest BCUT2D eigenvalue weighted by Gasteiger charge is 2.39. The third-order valence-electron chi connectivity index (χ3n) is 5.94. The van der Waals surface area contributed by atoms with Crippen molar-refractivity contribution in [2.45, 2.75) is 99.3 Å². The van der Waals surface area contributed by atoms with Gasteiger partial charge in [0.1, 0.15) is 6.73 Å². The van der Waals surface area contributed by atoms with Gasteiger partial charge in [0.05, 0.1) is 11.9 Å².